The number of allylic oxidation sites excluding steroid dienone is 1. The number of hydrogen-bond acceptors (Lipinski definition) is 1. The van der Waals surface area contributed by atoms with E-state index in [-0.39, 0.29) is 0 Å². The molecule has 10 heavy (non-hydrogen) atoms. The van der Waals surface area contributed by atoms with Crippen molar-refractivity contribution in [1.82, 2.24) is 5.32 Å². The van der Waals surface area contributed by atoms with Crippen LogP contribution in [0.2, 0.25) is 0 Å². The standard InChI is InChI=1S/C7H13N.C2H6/c1-7-4-2-3-5-8-6-7;1-2/h2-3,7-8H,4-6H2,1H3;1-2H3. The summed E-state index contributed by atoms with van der Waals surface area (Å²) in [5, 5.41) is 3.31. The van der Waals surface area contributed by atoms with Gasteiger partial charge in [-0.1, -0.05) is 32.9 Å². The van der Waals surface area contributed by atoms with Gasteiger partial charge in [0.2, 0.25) is 0 Å². The van der Waals surface area contributed by atoms with E-state index in [9.17, 15) is 0 Å². The maximum Gasteiger partial charge on any atom is 0.0135 e. The monoisotopic (exact) mass is 141 g/mol. The molecule has 1 rings (SSSR count). The lowest BCUT2D eigenvalue weighted by Gasteiger charge is -2.03. The molecular weight excluding hydrogens is 122 g/mol. The van der Waals surface area contributed by atoms with Crippen molar-refractivity contribution >= 4 is 0 Å². The summed E-state index contributed by atoms with van der Waals surface area (Å²) in [7, 11) is 0. The lowest BCUT2D eigenvalue weighted by Crippen LogP contribution is -2.18. The van der Waals surface area contributed by atoms with Crippen molar-refractivity contribution in [2.45, 2.75) is 27.2 Å². The summed E-state index contributed by atoms with van der Waals surface area (Å²) in [5.74, 6) is 0.828. The fourth-order valence-electron chi connectivity index (χ4n) is 0.908. The third kappa shape index (κ3) is 4.57. The number of rotatable bonds is 0. The highest BCUT2D eigenvalue weighted by Gasteiger charge is 1.99. The van der Waals surface area contributed by atoms with Gasteiger partial charge >= 0.3 is 0 Å². The van der Waals surface area contributed by atoms with Crippen molar-refractivity contribution in [2.24, 2.45) is 5.92 Å². The van der Waals surface area contributed by atoms with Crippen LogP contribution >= 0.6 is 0 Å². The molecule has 1 unspecified atom stereocenters. The summed E-state index contributed by atoms with van der Waals surface area (Å²) in [4.78, 5) is 0. The third-order valence-electron chi connectivity index (χ3n) is 1.46. The molecule has 0 saturated carbocycles. The van der Waals surface area contributed by atoms with Gasteiger partial charge in [0.05, 0.1) is 0 Å². The molecule has 0 radical (unpaired) electrons. The van der Waals surface area contributed by atoms with Gasteiger partial charge in [0.15, 0.2) is 0 Å². The Balaban J connectivity index is 0.000000371. The van der Waals surface area contributed by atoms with Gasteiger partial charge in [-0.3, -0.25) is 0 Å². The Labute approximate surface area is 64.5 Å². The minimum Gasteiger partial charge on any atom is -0.313 e. The number of nitrogens with one attached hydrogen (secondary N) is 1. The lowest BCUT2D eigenvalue weighted by atomic mass is 10.1. The van der Waals surface area contributed by atoms with E-state index < -0.39 is 0 Å². The first-order chi connectivity index (χ1) is 4.89. The molecule has 0 amide bonds. The molecule has 0 bridgehead atoms. The molecule has 1 heterocycles. The number of hydrogen-bond donors (Lipinski definition) is 1. The maximum absolute atomic E-state index is 3.31. The van der Waals surface area contributed by atoms with Crippen LogP contribution in [0.1, 0.15) is 27.2 Å². The van der Waals surface area contributed by atoms with Crippen LogP contribution in [0.3, 0.4) is 0 Å². The zero-order chi connectivity index (χ0) is 7.82. The highest BCUT2D eigenvalue weighted by Crippen LogP contribution is 2.02. The molecule has 1 N–H and O–H groups in total. The fourth-order valence-corrected chi connectivity index (χ4v) is 0.908. The van der Waals surface area contributed by atoms with Gasteiger partial charge in [0.1, 0.15) is 0 Å². The predicted molar refractivity (Wildman–Crippen MR) is 47.1 cm³/mol. The predicted octanol–water partition coefficient (Wildman–Crippen LogP) is 2.20. The first kappa shape index (κ1) is 9.70. The Kier molecular flexibility index (Phi) is 6.61. The summed E-state index contributed by atoms with van der Waals surface area (Å²) in [6, 6.07) is 0. The zero-order valence-electron chi connectivity index (χ0n) is 7.35. The van der Waals surface area contributed by atoms with Gasteiger partial charge in [-0.05, 0) is 18.9 Å². The van der Waals surface area contributed by atoms with Crippen LogP contribution in [0, 0.1) is 5.92 Å². The minimum atomic E-state index is 0.828. The first-order valence-corrected chi connectivity index (χ1v) is 4.25. The van der Waals surface area contributed by atoms with E-state index in [0.717, 1.165) is 12.5 Å². The van der Waals surface area contributed by atoms with E-state index in [0.29, 0.717) is 0 Å². The molecule has 0 aromatic rings. The van der Waals surface area contributed by atoms with Gasteiger partial charge < -0.3 is 5.32 Å². The van der Waals surface area contributed by atoms with Crippen molar-refractivity contribution in [3.05, 3.63) is 12.2 Å². The smallest absolute Gasteiger partial charge is 0.0135 e. The topological polar surface area (TPSA) is 12.0 Å². The van der Waals surface area contributed by atoms with E-state index in [4.69, 9.17) is 0 Å². The van der Waals surface area contributed by atoms with E-state index >= 15 is 0 Å². The van der Waals surface area contributed by atoms with Crippen LogP contribution in [-0.2, 0) is 0 Å². The van der Waals surface area contributed by atoms with Crippen LogP contribution in [-0.4, -0.2) is 13.1 Å². The maximum atomic E-state index is 3.31. The van der Waals surface area contributed by atoms with Crippen molar-refractivity contribution in [3.8, 4) is 0 Å². The van der Waals surface area contributed by atoms with Gasteiger partial charge in [-0.25, -0.2) is 0 Å². The average molecular weight is 141 g/mol. The summed E-state index contributed by atoms with van der Waals surface area (Å²) in [6.07, 6.45) is 5.70. The van der Waals surface area contributed by atoms with Crippen molar-refractivity contribution < 1.29 is 0 Å². The Hall–Kier alpha value is -0.300. The Bertz CT molecular complexity index is 86.7. The van der Waals surface area contributed by atoms with Crippen molar-refractivity contribution in [1.29, 1.82) is 0 Å². The fraction of sp³-hybridized carbons (Fsp3) is 0.778. The summed E-state index contributed by atoms with van der Waals surface area (Å²) in [5.41, 5.74) is 0. The Morgan fingerprint density at radius 3 is 2.70 bits per heavy atom. The molecule has 1 atom stereocenters. The van der Waals surface area contributed by atoms with Crippen molar-refractivity contribution in [3.63, 3.8) is 0 Å². The van der Waals surface area contributed by atoms with Crippen molar-refractivity contribution in [2.75, 3.05) is 13.1 Å². The van der Waals surface area contributed by atoms with E-state index in [1.165, 1.54) is 13.0 Å². The molecule has 1 aliphatic rings. The van der Waals surface area contributed by atoms with Crippen LogP contribution in [0.15, 0.2) is 12.2 Å². The minimum absolute atomic E-state index is 0.828. The Morgan fingerprint density at radius 1 is 1.30 bits per heavy atom. The summed E-state index contributed by atoms with van der Waals surface area (Å²) < 4.78 is 0. The van der Waals surface area contributed by atoms with Gasteiger partial charge in [0, 0.05) is 6.54 Å². The van der Waals surface area contributed by atoms with Gasteiger partial charge in [-0.15, -0.1) is 0 Å². The molecule has 0 saturated heterocycles. The highest BCUT2D eigenvalue weighted by molar-refractivity contribution is 4.88. The van der Waals surface area contributed by atoms with Crippen LogP contribution in [0.4, 0.5) is 0 Å². The molecule has 1 aliphatic heterocycles. The highest BCUT2D eigenvalue weighted by atomic mass is 14.8. The third-order valence-corrected chi connectivity index (χ3v) is 1.46. The molecule has 0 aromatic carbocycles. The van der Waals surface area contributed by atoms with E-state index in [1.54, 1.807) is 0 Å². The molecule has 0 spiro atoms. The van der Waals surface area contributed by atoms with Crippen LogP contribution in [0.5, 0.6) is 0 Å². The first-order valence-electron chi connectivity index (χ1n) is 4.25. The summed E-state index contributed by atoms with van der Waals surface area (Å²) in [6.45, 7) is 8.50. The Morgan fingerprint density at radius 2 is 2.00 bits per heavy atom. The SMILES string of the molecule is CC.CC1CC=CCNC1. The zero-order valence-corrected chi connectivity index (χ0v) is 7.35. The molecule has 1 nitrogen and oxygen atoms in total. The normalized spacial score (nSPS) is 24.5. The van der Waals surface area contributed by atoms with Crippen LogP contribution in [0.25, 0.3) is 0 Å². The second-order valence-electron chi connectivity index (χ2n) is 2.47. The molecule has 0 aliphatic carbocycles. The molecule has 60 valence electrons. The molecule has 0 aromatic heterocycles. The second-order valence-corrected chi connectivity index (χ2v) is 2.47. The molecule has 1 heteroatoms. The lowest BCUT2D eigenvalue weighted by molar-refractivity contribution is 0.551. The quantitative estimate of drug-likeness (QED) is 0.510. The molecule has 0 fully saturated rings. The largest absolute Gasteiger partial charge is 0.313 e. The second kappa shape index (κ2) is 6.81. The van der Waals surface area contributed by atoms with Crippen LogP contribution < -0.4 is 5.32 Å². The average Bonchev–Trinajstić information content (AvgIpc) is 2.21. The van der Waals surface area contributed by atoms with Gasteiger partial charge in [-0.2, -0.15) is 0 Å². The van der Waals surface area contributed by atoms with E-state index in [2.05, 4.69) is 24.4 Å². The molecular formula is C9H19N. The van der Waals surface area contributed by atoms with Gasteiger partial charge in [0.25, 0.3) is 0 Å². The summed E-state index contributed by atoms with van der Waals surface area (Å²) >= 11 is 0. The van der Waals surface area contributed by atoms with E-state index in [1.807, 2.05) is 13.8 Å².